The highest BCUT2D eigenvalue weighted by Gasteiger charge is 2.14. The number of aromatic nitrogens is 4. The van der Waals surface area contributed by atoms with Crippen molar-refractivity contribution in [1.82, 2.24) is 19.7 Å². The zero-order valence-electron chi connectivity index (χ0n) is 17.5. The van der Waals surface area contributed by atoms with Crippen molar-refractivity contribution in [3.8, 4) is 5.69 Å². The molecule has 4 rings (SSSR count). The van der Waals surface area contributed by atoms with Gasteiger partial charge in [-0.1, -0.05) is 24.3 Å². The first-order chi connectivity index (χ1) is 14.6. The molecule has 0 atom stereocenters. The van der Waals surface area contributed by atoms with Gasteiger partial charge in [-0.3, -0.25) is 0 Å². The van der Waals surface area contributed by atoms with Crippen LogP contribution in [0.1, 0.15) is 17.5 Å². The lowest BCUT2D eigenvalue weighted by Gasteiger charge is -2.12. The van der Waals surface area contributed by atoms with E-state index in [1.54, 1.807) is 7.11 Å². The van der Waals surface area contributed by atoms with Crippen LogP contribution in [-0.4, -0.2) is 40.0 Å². The predicted molar refractivity (Wildman–Crippen MR) is 121 cm³/mol. The standard InChI is InChI=1S/C23H26N6O/c1-16-12-17(2)14-18(13-16)26-21-20-15-25-29(19-8-5-4-6-9-19)22(20)28-23(27-21)24-10-7-11-30-3/h4-6,8-9,12-15H,7,10-11H2,1-3H3,(H2,24,26,27,28). The zero-order chi connectivity index (χ0) is 20.9. The minimum absolute atomic E-state index is 0.558. The Labute approximate surface area is 176 Å². The molecule has 154 valence electrons. The number of nitrogens with zero attached hydrogens (tertiary/aromatic N) is 4. The van der Waals surface area contributed by atoms with E-state index in [2.05, 4.69) is 47.8 Å². The molecular formula is C23H26N6O. The first-order valence-corrected chi connectivity index (χ1v) is 10.0. The number of fused-ring (bicyclic) bond motifs is 1. The number of aryl methyl sites for hydroxylation is 2. The van der Waals surface area contributed by atoms with Gasteiger partial charge in [0.05, 0.1) is 17.3 Å². The van der Waals surface area contributed by atoms with Gasteiger partial charge in [0.1, 0.15) is 5.82 Å². The molecular weight excluding hydrogens is 376 g/mol. The molecule has 0 radical (unpaired) electrons. The predicted octanol–water partition coefficient (Wildman–Crippen LogP) is 4.62. The topological polar surface area (TPSA) is 76.9 Å². The third kappa shape index (κ3) is 4.41. The fraction of sp³-hybridized carbons (Fsp3) is 0.261. The Hall–Kier alpha value is -3.45. The third-order valence-corrected chi connectivity index (χ3v) is 4.72. The molecule has 0 aliphatic rings. The van der Waals surface area contributed by atoms with Gasteiger partial charge >= 0.3 is 0 Å². The van der Waals surface area contributed by atoms with Crippen LogP contribution in [-0.2, 0) is 4.74 Å². The highest BCUT2D eigenvalue weighted by atomic mass is 16.5. The quantitative estimate of drug-likeness (QED) is 0.419. The summed E-state index contributed by atoms with van der Waals surface area (Å²) in [5, 5.41) is 12.2. The number of para-hydroxylation sites is 1. The molecule has 0 spiro atoms. The van der Waals surface area contributed by atoms with Crippen molar-refractivity contribution in [2.45, 2.75) is 20.3 Å². The average molecular weight is 403 g/mol. The van der Waals surface area contributed by atoms with Gasteiger partial charge in [-0.25, -0.2) is 4.68 Å². The minimum Gasteiger partial charge on any atom is -0.385 e. The molecule has 2 aromatic heterocycles. The molecule has 0 amide bonds. The molecule has 2 N–H and O–H groups in total. The second-order valence-corrected chi connectivity index (χ2v) is 7.30. The van der Waals surface area contributed by atoms with Crippen molar-refractivity contribution in [3.05, 3.63) is 65.9 Å². The maximum atomic E-state index is 5.13. The van der Waals surface area contributed by atoms with E-state index in [0.717, 1.165) is 41.2 Å². The highest BCUT2D eigenvalue weighted by molar-refractivity contribution is 5.90. The summed E-state index contributed by atoms with van der Waals surface area (Å²) in [7, 11) is 1.70. The largest absolute Gasteiger partial charge is 0.385 e. The van der Waals surface area contributed by atoms with Crippen molar-refractivity contribution in [2.75, 3.05) is 30.9 Å². The number of ether oxygens (including phenoxy) is 1. The number of rotatable bonds is 8. The number of methoxy groups -OCH3 is 1. The molecule has 0 bridgehead atoms. The second kappa shape index (κ2) is 8.92. The van der Waals surface area contributed by atoms with Crippen LogP contribution in [0.5, 0.6) is 0 Å². The Balaban J connectivity index is 1.76. The van der Waals surface area contributed by atoms with Gasteiger partial charge in [0.25, 0.3) is 0 Å². The van der Waals surface area contributed by atoms with Gasteiger partial charge in [0.15, 0.2) is 5.65 Å². The maximum Gasteiger partial charge on any atom is 0.226 e. The van der Waals surface area contributed by atoms with Gasteiger partial charge in [-0.05, 0) is 55.7 Å². The molecule has 2 heterocycles. The Morgan fingerprint density at radius 1 is 1.00 bits per heavy atom. The van der Waals surface area contributed by atoms with E-state index in [4.69, 9.17) is 14.7 Å². The van der Waals surface area contributed by atoms with Crippen LogP contribution >= 0.6 is 0 Å². The lowest BCUT2D eigenvalue weighted by Crippen LogP contribution is -2.10. The van der Waals surface area contributed by atoms with Crippen molar-refractivity contribution in [2.24, 2.45) is 0 Å². The van der Waals surface area contributed by atoms with Gasteiger partial charge in [0, 0.05) is 25.9 Å². The van der Waals surface area contributed by atoms with E-state index in [1.165, 1.54) is 11.1 Å². The van der Waals surface area contributed by atoms with Crippen LogP contribution in [0.3, 0.4) is 0 Å². The van der Waals surface area contributed by atoms with Crippen LogP contribution in [0.2, 0.25) is 0 Å². The number of benzene rings is 2. The second-order valence-electron chi connectivity index (χ2n) is 7.30. The maximum absolute atomic E-state index is 5.13. The van der Waals surface area contributed by atoms with Gasteiger partial charge in [-0.15, -0.1) is 0 Å². The summed E-state index contributed by atoms with van der Waals surface area (Å²) >= 11 is 0. The molecule has 7 nitrogen and oxygen atoms in total. The van der Waals surface area contributed by atoms with Crippen molar-refractivity contribution in [1.29, 1.82) is 0 Å². The summed E-state index contributed by atoms with van der Waals surface area (Å²) in [4.78, 5) is 9.48. The fourth-order valence-corrected chi connectivity index (χ4v) is 3.44. The van der Waals surface area contributed by atoms with Crippen LogP contribution in [0.4, 0.5) is 17.5 Å². The van der Waals surface area contributed by atoms with Gasteiger partial charge in [-0.2, -0.15) is 15.1 Å². The molecule has 30 heavy (non-hydrogen) atoms. The molecule has 0 unspecified atom stereocenters. The Kier molecular flexibility index (Phi) is 5.90. The van der Waals surface area contributed by atoms with Crippen molar-refractivity contribution >= 4 is 28.5 Å². The first kappa shape index (κ1) is 19.8. The van der Waals surface area contributed by atoms with Crippen LogP contribution in [0.25, 0.3) is 16.7 Å². The summed E-state index contributed by atoms with van der Waals surface area (Å²) in [6, 6.07) is 16.3. The minimum atomic E-state index is 0.558. The van der Waals surface area contributed by atoms with E-state index in [-0.39, 0.29) is 0 Å². The highest BCUT2D eigenvalue weighted by Crippen LogP contribution is 2.27. The molecule has 4 aromatic rings. The number of anilines is 3. The third-order valence-electron chi connectivity index (χ3n) is 4.72. The summed E-state index contributed by atoms with van der Waals surface area (Å²) in [6.45, 7) is 5.58. The van der Waals surface area contributed by atoms with E-state index in [9.17, 15) is 0 Å². The summed E-state index contributed by atoms with van der Waals surface area (Å²) in [5.74, 6) is 1.28. The van der Waals surface area contributed by atoms with E-state index in [0.29, 0.717) is 12.6 Å². The molecule has 0 aliphatic heterocycles. The lowest BCUT2D eigenvalue weighted by atomic mass is 10.1. The lowest BCUT2D eigenvalue weighted by molar-refractivity contribution is 0.197. The number of nitrogens with one attached hydrogen (secondary N) is 2. The molecule has 2 aromatic carbocycles. The van der Waals surface area contributed by atoms with E-state index in [1.807, 2.05) is 41.2 Å². The number of hydrogen-bond donors (Lipinski definition) is 2. The first-order valence-electron chi connectivity index (χ1n) is 10.0. The zero-order valence-corrected chi connectivity index (χ0v) is 17.5. The summed E-state index contributed by atoms with van der Waals surface area (Å²) in [6.07, 6.45) is 2.68. The Morgan fingerprint density at radius 3 is 2.50 bits per heavy atom. The van der Waals surface area contributed by atoms with Gasteiger partial charge in [0.2, 0.25) is 5.95 Å². The van der Waals surface area contributed by atoms with Crippen molar-refractivity contribution < 1.29 is 4.74 Å². The molecule has 7 heteroatoms. The Morgan fingerprint density at radius 2 is 1.77 bits per heavy atom. The smallest absolute Gasteiger partial charge is 0.226 e. The van der Waals surface area contributed by atoms with Crippen LogP contribution in [0.15, 0.2) is 54.7 Å². The van der Waals surface area contributed by atoms with Gasteiger partial charge < -0.3 is 15.4 Å². The summed E-state index contributed by atoms with van der Waals surface area (Å²) in [5.41, 5.74) is 5.08. The van der Waals surface area contributed by atoms with Crippen LogP contribution < -0.4 is 10.6 Å². The fourth-order valence-electron chi connectivity index (χ4n) is 3.44. The monoisotopic (exact) mass is 402 g/mol. The average Bonchev–Trinajstić information content (AvgIpc) is 3.15. The number of hydrogen-bond acceptors (Lipinski definition) is 6. The Bertz CT molecular complexity index is 1120. The SMILES string of the molecule is COCCCNc1nc(Nc2cc(C)cc(C)c2)c2cnn(-c3ccccc3)c2n1. The summed E-state index contributed by atoms with van der Waals surface area (Å²) < 4.78 is 6.97. The molecule has 0 fully saturated rings. The molecule has 0 aliphatic carbocycles. The molecule has 0 saturated carbocycles. The van der Waals surface area contributed by atoms with E-state index < -0.39 is 0 Å². The molecule has 0 saturated heterocycles. The normalized spacial score (nSPS) is 11.0. The van der Waals surface area contributed by atoms with E-state index >= 15 is 0 Å². The van der Waals surface area contributed by atoms with Crippen LogP contribution in [0, 0.1) is 13.8 Å². The van der Waals surface area contributed by atoms with Crippen molar-refractivity contribution in [3.63, 3.8) is 0 Å².